The summed E-state index contributed by atoms with van der Waals surface area (Å²) in [4.78, 5) is 24.7. The van der Waals surface area contributed by atoms with Crippen LogP contribution in [-0.4, -0.2) is 31.7 Å². The number of rotatable bonds is 5. The van der Waals surface area contributed by atoms with Gasteiger partial charge in [0.05, 0.1) is 10.5 Å². The first-order valence-corrected chi connectivity index (χ1v) is 9.83. The molecule has 0 aliphatic carbocycles. The zero-order valence-corrected chi connectivity index (χ0v) is 15.0. The van der Waals surface area contributed by atoms with Crippen LogP contribution in [0.4, 0.5) is 5.00 Å². The molecule has 24 heavy (non-hydrogen) atoms. The number of aryl methyl sites for hydroxylation is 1. The van der Waals surface area contributed by atoms with Crippen LogP contribution in [0.2, 0.25) is 0 Å². The Hall–Kier alpha value is -2.19. The summed E-state index contributed by atoms with van der Waals surface area (Å²) in [6.45, 7) is 3.65. The Kier molecular flexibility index (Phi) is 5.10. The number of anilines is 1. The van der Waals surface area contributed by atoms with Gasteiger partial charge < -0.3 is 10.4 Å². The van der Waals surface area contributed by atoms with Gasteiger partial charge in [0.15, 0.2) is 9.84 Å². The topological polar surface area (TPSA) is 101 Å². The lowest BCUT2D eigenvalue weighted by Crippen LogP contribution is -2.14. The molecular formula is C16H17NO5S2. The molecule has 6 nitrogen and oxygen atoms in total. The fourth-order valence-corrected chi connectivity index (χ4v) is 4.16. The summed E-state index contributed by atoms with van der Waals surface area (Å²) in [5.41, 5.74) is 0.929. The SMILES string of the molecule is CCc1c(C)sc(NC(=O)c2cccc(S(C)(=O)=O)c2)c1C(=O)O. The number of carbonyl (C=O) groups is 2. The fourth-order valence-electron chi connectivity index (χ4n) is 2.36. The molecule has 2 N–H and O–H groups in total. The van der Waals surface area contributed by atoms with E-state index < -0.39 is 21.7 Å². The van der Waals surface area contributed by atoms with E-state index in [9.17, 15) is 23.1 Å². The molecule has 1 aromatic heterocycles. The van der Waals surface area contributed by atoms with Gasteiger partial charge in [-0.2, -0.15) is 0 Å². The standard InChI is InChI=1S/C16H17NO5S2/c1-4-12-9(2)23-15(13(12)16(19)20)17-14(18)10-6-5-7-11(8-10)24(3,21)22/h5-8H,4H2,1-3H3,(H,17,18)(H,19,20). The van der Waals surface area contributed by atoms with Crippen LogP contribution in [0.25, 0.3) is 0 Å². The maximum atomic E-state index is 12.4. The van der Waals surface area contributed by atoms with Gasteiger partial charge in [-0.3, -0.25) is 4.79 Å². The first-order valence-electron chi connectivity index (χ1n) is 7.12. The van der Waals surface area contributed by atoms with Crippen molar-refractivity contribution in [2.75, 3.05) is 11.6 Å². The molecule has 0 aliphatic heterocycles. The normalized spacial score (nSPS) is 11.3. The van der Waals surface area contributed by atoms with Gasteiger partial charge in [-0.1, -0.05) is 13.0 Å². The zero-order valence-electron chi connectivity index (χ0n) is 13.4. The van der Waals surface area contributed by atoms with Gasteiger partial charge in [-0.15, -0.1) is 11.3 Å². The Morgan fingerprint density at radius 2 is 1.96 bits per heavy atom. The summed E-state index contributed by atoms with van der Waals surface area (Å²) in [6, 6.07) is 5.62. The Balaban J connectivity index is 2.39. The van der Waals surface area contributed by atoms with E-state index in [2.05, 4.69) is 5.32 Å². The summed E-state index contributed by atoms with van der Waals surface area (Å²) in [5.74, 6) is -1.65. The van der Waals surface area contributed by atoms with Crippen molar-refractivity contribution in [2.45, 2.75) is 25.2 Å². The van der Waals surface area contributed by atoms with E-state index in [0.29, 0.717) is 12.0 Å². The molecule has 2 rings (SSSR count). The minimum absolute atomic E-state index is 0.0326. The van der Waals surface area contributed by atoms with Crippen molar-refractivity contribution in [3.05, 3.63) is 45.8 Å². The number of aromatic carboxylic acids is 1. The minimum atomic E-state index is -3.43. The zero-order chi connectivity index (χ0) is 18.1. The van der Waals surface area contributed by atoms with E-state index in [-0.39, 0.29) is 21.0 Å². The molecule has 1 amide bonds. The number of amides is 1. The average molecular weight is 367 g/mol. The van der Waals surface area contributed by atoms with E-state index in [1.165, 1.54) is 35.6 Å². The van der Waals surface area contributed by atoms with Crippen molar-refractivity contribution in [3.63, 3.8) is 0 Å². The van der Waals surface area contributed by atoms with Gasteiger partial charge in [0.2, 0.25) is 0 Å². The highest BCUT2D eigenvalue weighted by Gasteiger charge is 2.22. The average Bonchev–Trinajstić information content (AvgIpc) is 2.82. The second kappa shape index (κ2) is 6.74. The number of thiophene rings is 1. The van der Waals surface area contributed by atoms with Gasteiger partial charge in [0, 0.05) is 16.7 Å². The molecule has 1 heterocycles. The second-order valence-electron chi connectivity index (χ2n) is 5.25. The van der Waals surface area contributed by atoms with Crippen LogP contribution < -0.4 is 5.32 Å². The van der Waals surface area contributed by atoms with Crippen LogP contribution in [0.15, 0.2) is 29.2 Å². The van der Waals surface area contributed by atoms with Gasteiger partial charge in [0.1, 0.15) is 5.00 Å². The lowest BCUT2D eigenvalue weighted by Gasteiger charge is -2.06. The predicted octanol–water partition coefficient (Wildman–Crippen LogP) is 2.97. The maximum Gasteiger partial charge on any atom is 0.339 e. The van der Waals surface area contributed by atoms with Crippen LogP contribution in [-0.2, 0) is 16.3 Å². The summed E-state index contributed by atoms with van der Waals surface area (Å²) in [5, 5.41) is 12.2. The van der Waals surface area contributed by atoms with E-state index in [1.807, 2.05) is 6.92 Å². The highest BCUT2D eigenvalue weighted by Crippen LogP contribution is 2.33. The van der Waals surface area contributed by atoms with Crippen LogP contribution >= 0.6 is 11.3 Å². The summed E-state index contributed by atoms with van der Waals surface area (Å²) >= 11 is 1.20. The highest BCUT2D eigenvalue weighted by atomic mass is 32.2. The Bertz CT molecular complexity index is 913. The number of hydrogen-bond donors (Lipinski definition) is 2. The highest BCUT2D eigenvalue weighted by molar-refractivity contribution is 7.90. The molecule has 1 aromatic carbocycles. The van der Waals surface area contributed by atoms with Crippen molar-refractivity contribution >= 4 is 38.1 Å². The fraction of sp³-hybridized carbons (Fsp3) is 0.250. The third kappa shape index (κ3) is 3.65. The molecule has 0 bridgehead atoms. The van der Waals surface area contributed by atoms with E-state index in [4.69, 9.17) is 0 Å². The smallest absolute Gasteiger partial charge is 0.339 e. The molecule has 0 radical (unpaired) electrons. The Morgan fingerprint density at radius 1 is 1.29 bits per heavy atom. The van der Waals surface area contributed by atoms with E-state index in [1.54, 1.807) is 6.92 Å². The third-order valence-electron chi connectivity index (χ3n) is 3.53. The molecule has 0 saturated carbocycles. The maximum absolute atomic E-state index is 12.4. The third-order valence-corrected chi connectivity index (χ3v) is 5.70. The monoisotopic (exact) mass is 367 g/mol. The van der Waals surface area contributed by atoms with E-state index in [0.717, 1.165) is 11.1 Å². The molecule has 0 fully saturated rings. The van der Waals surface area contributed by atoms with Crippen molar-refractivity contribution < 1.29 is 23.1 Å². The molecule has 0 aliphatic rings. The van der Waals surface area contributed by atoms with Crippen LogP contribution in [0, 0.1) is 6.92 Å². The van der Waals surface area contributed by atoms with Crippen LogP contribution in [0.3, 0.4) is 0 Å². The van der Waals surface area contributed by atoms with E-state index >= 15 is 0 Å². The number of nitrogens with one attached hydrogen (secondary N) is 1. The molecule has 128 valence electrons. The van der Waals surface area contributed by atoms with Crippen molar-refractivity contribution in [2.24, 2.45) is 0 Å². The van der Waals surface area contributed by atoms with Gasteiger partial charge in [-0.25, -0.2) is 13.2 Å². The molecule has 0 unspecified atom stereocenters. The largest absolute Gasteiger partial charge is 0.478 e. The quantitative estimate of drug-likeness (QED) is 0.846. The molecule has 0 saturated heterocycles. The number of hydrogen-bond acceptors (Lipinski definition) is 5. The van der Waals surface area contributed by atoms with Crippen LogP contribution in [0.5, 0.6) is 0 Å². The Labute approximate surface area is 144 Å². The van der Waals surface area contributed by atoms with Crippen molar-refractivity contribution in [1.82, 2.24) is 0 Å². The molecule has 8 heteroatoms. The number of carboxylic acid groups (broad SMARTS) is 1. The summed E-state index contributed by atoms with van der Waals surface area (Å²) < 4.78 is 23.2. The summed E-state index contributed by atoms with van der Waals surface area (Å²) in [6.07, 6.45) is 1.60. The van der Waals surface area contributed by atoms with Gasteiger partial charge in [0.25, 0.3) is 5.91 Å². The molecule has 0 atom stereocenters. The van der Waals surface area contributed by atoms with Crippen molar-refractivity contribution in [1.29, 1.82) is 0 Å². The minimum Gasteiger partial charge on any atom is -0.478 e. The lowest BCUT2D eigenvalue weighted by molar-refractivity contribution is 0.0697. The molecule has 2 aromatic rings. The lowest BCUT2D eigenvalue weighted by atomic mass is 10.1. The number of carbonyl (C=O) groups excluding carboxylic acids is 1. The number of benzene rings is 1. The number of sulfone groups is 1. The predicted molar refractivity (Wildman–Crippen MR) is 92.9 cm³/mol. The molecule has 0 spiro atoms. The second-order valence-corrected chi connectivity index (χ2v) is 8.49. The Morgan fingerprint density at radius 3 is 2.50 bits per heavy atom. The first kappa shape index (κ1) is 18.2. The van der Waals surface area contributed by atoms with Crippen LogP contribution in [0.1, 0.15) is 38.1 Å². The first-order chi connectivity index (χ1) is 11.1. The van der Waals surface area contributed by atoms with Crippen molar-refractivity contribution in [3.8, 4) is 0 Å². The van der Waals surface area contributed by atoms with Gasteiger partial charge >= 0.3 is 5.97 Å². The summed E-state index contributed by atoms with van der Waals surface area (Å²) in [7, 11) is -3.43. The number of carboxylic acids is 1. The molecular weight excluding hydrogens is 350 g/mol. The van der Waals surface area contributed by atoms with Gasteiger partial charge in [-0.05, 0) is 37.1 Å².